The summed E-state index contributed by atoms with van der Waals surface area (Å²) in [7, 11) is 0. The predicted molar refractivity (Wildman–Crippen MR) is 52.8 cm³/mol. The van der Waals surface area contributed by atoms with Crippen LogP contribution in [-0.2, 0) is 6.42 Å². The molecular weight excluding hydrogens is 186 g/mol. The van der Waals surface area contributed by atoms with E-state index in [9.17, 15) is 0 Å². The van der Waals surface area contributed by atoms with Crippen LogP contribution in [0.3, 0.4) is 0 Å². The van der Waals surface area contributed by atoms with E-state index in [0.717, 1.165) is 25.0 Å². The number of furan rings is 1. The van der Waals surface area contributed by atoms with Crippen LogP contribution in [0, 0.1) is 0 Å². The molecule has 1 saturated carbocycles. The third-order valence-electron chi connectivity index (χ3n) is 2.62. The van der Waals surface area contributed by atoms with Crippen LogP contribution in [0.15, 0.2) is 16.5 Å². The summed E-state index contributed by atoms with van der Waals surface area (Å²) < 4.78 is 5.24. The Kier molecular flexibility index (Phi) is 2.35. The minimum Gasteiger partial charge on any atom is -0.450 e. The first-order valence-corrected chi connectivity index (χ1v) is 5.09. The number of rotatable bonds is 4. The molecule has 0 amide bonds. The van der Waals surface area contributed by atoms with Crippen molar-refractivity contribution in [2.75, 3.05) is 0 Å². The van der Waals surface area contributed by atoms with Crippen LogP contribution >= 0.6 is 11.6 Å². The highest BCUT2D eigenvalue weighted by molar-refractivity contribution is 6.28. The van der Waals surface area contributed by atoms with E-state index in [4.69, 9.17) is 21.8 Å². The average Bonchev–Trinajstić information content (AvgIpc) is 2.65. The summed E-state index contributed by atoms with van der Waals surface area (Å²) in [5.41, 5.74) is 6.12. The molecule has 13 heavy (non-hydrogen) atoms. The quantitative estimate of drug-likeness (QED) is 0.810. The second-order valence-corrected chi connectivity index (χ2v) is 4.29. The summed E-state index contributed by atoms with van der Waals surface area (Å²) in [6.07, 6.45) is 5.52. The summed E-state index contributed by atoms with van der Waals surface area (Å²) in [4.78, 5) is 0. The van der Waals surface area contributed by atoms with Crippen LogP contribution in [0.5, 0.6) is 0 Å². The molecule has 1 aromatic rings. The molecule has 1 aromatic heterocycles. The van der Waals surface area contributed by atoms with Crippen LogP contribution in [0.1, 0.15) is 31.4 Å². The Morgan fingerprint density at radius 1 is 1.46 bits per heavy atom. The van der Waals surface area contributed by atoms with Gasteiger partial charge >= 0.3 is 0 Å². The molecule has 2 rings (SSSR count). The molecule has 1 aliphatic carbocycles. The lowest BCUT2D eigenvalue weighted by Crippen LogP contribution is -2.21. The highest BCUT2D eigenvalue weighted by atomic mass is 35.5. The van der Waals surface area contributed by atoms with Gasteiger partial charge in [0.15, 0.2) is 5.22 Å². The Balaban J connectivity index is 1.73. The Labute approximate surface area is 83.1 Å². The van der Waals surface area contributed by atoms with Gasteiger partial charge in [-0.15, -0.1) is 0 Å². The number of hydrogen-bond donors (Lipinski definition) is 1. The zero-order valence-electron chi connectivity index (χ0n) is 7.55. The smallest absolute Gasteiger partial charge is 0.193 e. The highest BCUT2D eigenvalue weighted by Gasteiger charge is 2.36. The molecule has 0 spiro atoms. The van der Waals surface area contributed by atoms with Crippen molar-refractivity contribution in [1.82, 2.24) is 0 Å². The fourth-order valence-electron chi connectivity index (χ4n) is 1.51. The van der Waals surface area contributed by atoms with Crippen molar-refractivity contribution in [3.63, 3.8) is 0 Å². The number of nitrogens with two attached hydrogens (primary N) is 1. The van der Waals surface area contributed by atoms with E-state index in [1.807, 2.05) is 6.07 Å². The lowest BCUT2D eigenvalue weighted by Gasteiger charge is -2.05. The molecule has 0 bridgehead atoms. The molecule has 3 heteroatoms. The topological polar surface area (TPSA) is 39.2 Å². The van der Waals surface area contributed by atoms with E-state index in [-0.39, 0.29) is 5.54 Å². The largest absolute Gasteiger partial charge is 0.450 e. The van der Waals surface area contributed by atoms with E-state index in [1.165, 1.54) is 12.8 Å². The summed E-state index contributed by atoms with van der Waals surface area (Å²) in [5.74, 6) is 0.967. The lowest BCUT2D eigenvalue weighted by atomic mass is 10.1. The predicted octanol–water partition coefficient (Wildman–Crippen LogP) is 2.75. The van der Waals surface area contributed by atoms with Gasteiger partial charge in [0.2, 0.25) is 0 Å². The van der Waals surface area contributed by atoms with E-state index < -0.39 is 0 Å². The average molecular weight is 200 g/mol. The SMILES string of the molecule is NC1(CCCc2ccc(Cl)o2)CC1. The molecule has 0 aliphatic heterocycles. The molecular formula is C10H14ClNO. The van der Waals surface area contributed by atoms with Gasteiger partial charge in [0.25, 0.3) is 0 Å². The van der Waals surface area contributed by atoms with Gasteiger partial charge in [-0.1, -0.05) is 0 Å². The van der Waals surface area contributed by atoms with Crippen LogP contribution in [0.25, 0.3) is 0 Å². The van der Waals surface area contributed by atoms with Crippen LogP contribution in [0.2, 0.25) is 5.22 Å². The van der Waals surface area contributed by atoms with Gasteiger partial charge in [0, 0.05) is 12.0 Å². The Morgan fingerprint density at radius 3 is 2.77 bits per heavy atom. The Hall–Kier alpha value is -0.470. The first-order valence-electron chi connectivity index (χ1n) is 4.71. The third kappa shape index (κ3) is 2.48. The molecule has 1 aliphatic rings. The van der Waals surface area contributed by atoms with Crippen molar-refractivity contribution >= 4 is 11.6 Å². The fraction of sp³-hybridized carbons (Fsp3) is 0.600. The summed E-state index contributed by atoms with van der Waals surface area (Å²) >= 11 is 5.65. The fourth-order valence-corrected chi connectivity index (χ4v) is 1.67. The molecule has 1 fully saturated rings. The number of hydrogen-bond acceptors (Lipinski definition) is 2. The maximum Gasteiger partial charge on any atom is 0.193 e. The Bertz CT molecular complexity index is 291. The molecule has 1 heterocycles. The summed E-state index contributed by atoms with van der Waals surface area (Å²) in [6.45, 7) is 0. The maximum atomic E-state index is 5.96. The zero-order chi connectivity index (χ0) is 9.31. The normalized spacial score (nSPS) is 18.9. The molecule has 0 unspecified atom stereocenters. The van der Waals surface area contributed by atoms with Crippen molar-refractivity contribution in [3.05, 3.63) is 23.1 Å². The van der Waals surface area contributed by atoms with Crippen LogP contribution < -0.4 is 5.73 Å². The van der Waals surface area contributed by atoms with Crippen molar-refractivity contribution < 1.29 is 4.42 Å². The van der Waals surface area contributed by atoms with Gasteiger partial charge in [-0.3, -0.25) is 0 Å². The van der Waals surface area contributed by atoms with Gasteiger partial charge in [0.1, 0.15) is 5.76 Å². The van der Waals surface area contributed by atoms with Crippen molar-refractivity contribution in [1.29, 1.82) is 0 Å². The second-order valence-electron chi connectivity index (χ2n) is 3.92. The van der Waals surface area contributed by atoms with Gasteiger partial charge < -0.3 is 10.2 Å². The van der Waals surface area contributed by atoms with E-state index >= 15 is 0 Å². The summed E-state index contributed by atoms with van der Waals surface area (Å²) in [6, 6.07) is 3.71. The molecule has 72 valence electrons. The molecule has 2 nitrogen and oxygen atoms in total. The van der Waals surface area contributed by atoms with Gasteiger partial charge in [0.05, 0.1) is 0 Å². The monoisotopic (exact) mass is 199 g/mol. The van der Waals surface area contributed by atoms with Crippen LogP contribution in [-0.4, -0.2) is 5.54 Å². The maximum absolute atomic E-state index is 5.96. The minimum absolute atomic E-state index is 0.163. The minimum atomic E-state index is 0.163. The molecule has 0 atom stereocenters. The molecule has 0 radical (unpaired) electrons. The van der Waals surface area contributed by atoms with E-state index in [0.29, 0.717) is 5.22 Å². The van der Waals surface area contributed by atoms with E-state index in [2.05, 4.69) is 0 Å². The molecule has 0 aromatic carbocycles. The molecule has 2 N–H and O–H groups in total. The zero-order valence-corrected chi connectivity index (χ0v) is 8.31. The Morgan fingerprint density at radius 2 is 2.23 bits per heavy atom. The van der Waals surface area contributed by atoms with Crippen LogP contribution in [0.4, 0.5) is 0 Å². The van der Waals surface area contributed by atoms with Gasteiger partial charge in [-0.05, 0) is 49.4 Å². The van der Waals surface area contributed by atoms with Gasteiger partial charge in [-0.25, -0.2) is 0 Å². The summed E-state index contributed by atoms with van der Waals surface area (Å²) in [5, 5.41) is 0.476. The second kappa shape index (κ2) is 3.35. The lowest BCUT2D eigenvalue weighted by molar-refractivity contribution is 0.484. The third-order valence-corrected chi connectivity index (χ3v) is 2.82. The first kappa shape index (κ1) is 9.10. The molecule has 0 saturated heterocycles. The van der Waals surface area contributed by atoms with Crippen molar-refractivity contribution in [3.8, 4) is 0 Å². The van der Waals surface area contributed by atoms with Gasteiger partial charge in [-0.2, -0.15) is 0 Å². The van der Waals surface area contributed by atoms with E-state index in [1.54, 1.807) is 6.07 Å². The number of aryl methyl sites for hydroxylation is 1. The van der Waals surface area contributed by atoms with Crippen molar-refractivity contribution in [2.24, 2.45) is 5.73 Å². The highest BCUT2D eigenvalue weighted by Crippen LogP contribution is 2.36. The number of halogens is 1. The first-order chi connectivity index (χ1) is 6.18. The van der Waals surface area contributed by atoms with Crippen molar-refractivity contribution in [2.45, 2.75) is 37.6 Å². The standard InChI is InChI=1S/C10H14ClNO/c11-9-4-3-8(13-9)2-1-5-10(12)6-7-10/h3-4H,1-2,5-7,12H2.